The summed E-state index contributed by atoms with van der Waals surface area (Å²) in [6, 6.07) is 0. The molecule has 0 bridgehead atoms. The van der Waals surface area contributed by atoms with Crippen LogP contribution >= 0.6 is 23.5 Å². The van der Waals surface area contributed by atoms with Gasteiger partial charge in [0.15, 0.2) is 0 Å². The molecule has 0 amide bonds. The van der Waals surface area contributed by atoms with E-state index >= 15 is 0 Å². The van der Waals surface area contributed by atoms with E-state index in [0.717, 1.165) is 0 Å². The summed E-state index contributed by atoms with van der Waals surface area (Å²) in [6.45, 7) is 0. The van der Waals surface area contributed by atoms with Crippen LogP contribution in [0.2, 0.25) is 0 Å². The lowest BCUT2D eigenvalue weighted by Crippen LogP contribution is -2.04. The van der Waals surface area contributed by atoms with Crippen molar-refractivity contribution in [2.24, 2.45) is 0 Å². The summed E-state index contributed by atoms with van der Waals surface area (Å²) in [7, 11) is -0.373. The van der Waals surface area contributed by atoms with Crippen molar-refractivity contribution in [2.75, 3.05) is 25.7 Å². The summed E-state index contributed by atoms with van der Waals surface area (Å²) in [5.74, 6) is -0.00988. The van der Waals surface area contributed by atoms with Gasteiger partial charge in [-0.1, -0.05) is 15.9 Å². The molecule has 0 N–H and O–H groups in total. The van der Waals surface area contributed by atoms with Crippen molar-refractivity contribution in [3.8, 4) is 0 Å². The van der Waals surface area contributed by atoms with Crippen LogP contribution in [-0.2, 0) is 18.4 Å². The maximum absolute atomic E-state index is 11.4. The Hall–Kier alpha value is 0.300. The second-order valence-electron chi connectivity index (χ2n) is 2.12. The second kappa shape index (κ2) is 5.86. The van der Waals surface area contributed by atoms with E-state index in [9.17, 15) is 9.36 Å². The normalized spacial score (nSPS) is 11.6. The van der Waals surface area contributed by atoms with Gasteiger partial charge in [-0.3, -0.25) is 9.36 Å². The van der Waals surface area contributed by atoms with E-state index in [-0.39, 0.29) is 23.7 Å². The Morgan fingerprint density at radius 2 is 1.92 bits per heavy atom. The number of rotatable bonds is 6. The standard InChI is InChI=1S/C6H12BrO4P/c1-10-12(9,11-2)4-3-6(8)5-7/h3-5H2,1-2H3. The molecule has 0 atom stereocenters. The first-order valence-electron chi connectivity index (χ1n) is 3.36. The number of halogens is 1. The van der Waals surface area contributed by atoms with Crippen LogP contribution in [0.25, 0.3) is 0 Å². The van der Waals surface area contributed by atoms with Gasteiger partial charge in [-0.15, -0.1) is 0 Å². The highest BCUT2D eigenvalue weighted by atomic mass is 79.9. The summed E-state index contributed by atoms with van der Waals surface area (Å²) >= 11 is 3.01. The Labute approximate surface area is 80.3 Å². The number of carbonyl (C=O) groups excluding carboxylic acids is 1. The maximum atomic E-state index is 11.4. The van der Waals surface area contributed by atoms with Gasteiger partial charge in [0.25, 0.3) is 0 Å². The highest BCUT2D eigenvalue weighted by molar-refractivity contribution is 9.09. The maximum Gasteiger partial charge on any atom is 0.330 e. The molecule has 0 aromatic heterocycles. The molecule has 0 aliphatic rings. The molecule has 0 heterocycles. The lowest BCUT2D eigenvalue weighted by atomic mass is 10.4. The van der Waals surface area contributed by atoms with E-state index in [4.69, 9.17) is 0 Å². The lowest BCUT2D eigenvalue weighted by Gasteiger charge is -2.11. The molecule has 0 unspecified atom stereocenters. The van der Waals surface area contributed by atoms with E-state index in [0.29, 0.717) is 0 Å². The fourth-order valence-corrected chi connectivity index (χ4v) is 1.90. The number of hydrogen-bond donors (Lipinski definition) is 0. The molecule has 12 heavy (non-hydrogen) atoms. The molecule has 72 valence electrons. The topological polar surface area (TPSA) is 52.6 Å². The van der Waals surface area contributed by atoms with Gasteiger partial charge in [-0.2, -0.15) is 0 Å². The minimum absolute atomic E-state index is 0.00988. The minimum Gasteiger partial charge on any atom is -0.312 e. The van der Waals surface area contributed by atoms with Gasteiger partial charge in [0.05, 0.1) is 11.5 Å². The fourth-order valence-electron chi connectivity index (χ4n) is 0.586. The molecule has 4 nitrogen and oxygen atoms in total. The molecule has 0 saturated heterocycles. The summed E-state index contributed by atoms with van der Waals surface area (Å²) in [6.07, 6.45) is 0.356. The van der Waals surface area contributed by atoms with Crippen molar-refractivity contribution in [1.29, 1.82) is 0 Å². The highest BCUT2D eigenvalue weighted by Gasteiger charge is 2.21. The van der Waals surface area contributed by atoms with Crippen LogP contribution in [0, 0.1) is 0 Å². The molecular formula is C6H12BrO4P. The summed E-state index contributed by atoms with van der Waals surface area (Å²) in [4.78, 5) is 10.8. The van der Waals surface area contributed by atoms with Crippen molar-refractivity contribution in [3.63, 3.8) is 0 Å². The van der Waals surface area contributed by atoms with Gasteiger partial charge < -0.3 is 9.05 Å². The molecule has 0 saturated carbocycles. The first kappa shape index (κ1) is 12.3. The van der Waals surface area contributed by atoms with Crippen LogP contribution in [0.4, 0.5) is 0 Å². The van der Waals surface area contributed by atoms with Gasteiger partial charge in [0.2, 0.25) is 0 Å². The van der Waals surface area contributed by atoms with E-state index < -0.39 is 7.60 Å². The molecule has 0 aliphatic carbocycles. The van der Waals surface area contributed by atoms with E-state index in [1.165, 1.54) is 14.2 Å². The van der Waals surface area contributed by atoms with Gasteiger partial charge in [-0.05, 0) is 0 Å². The van der Waals surface area contributed by atoms with E-state index in [2.05, 4.69) is 25.0 Å². The quantitative estimate of drug-likeness (QED) is 0.539. The average molecular weight is 259 g/mol. The Kier molecular flexibility index (Phi) is 6.01. The largest absolute Gasteiger partial charge is 0.330 e. The molecular weight excluding hydrogens is 247 g/mol. The highest BCUT2D eigenvalue weighted by Crippen LogP contribution is 2.46. The summed E-state index contributed by atoms with van der Waals surface area (Å²) < 4.78 is 20.7. The first-order chi connectivity index (χ1) is 5.58. The van der Waals surface area contributed by atoms with Gasteiger partial charge in [0, 0.05) is 20.6 Å². The number of alkyl halides is 1. The van der Waals surface area contributed by atoms with E-state index in [1.54, 1.807) is 0 Å². The first-order valence-corrected chi connectivity index (χ1v) is 6.21. The molecule has 0 radical (unpaired) electrons. The van der Waals surface area contributed by atoms with Gasteiger partial charge in [0.1, 0.15) is 5.78 Å². The summed E-state index contributed by atoms with van der Waals surface area (Å²) in [5.41, 5.74) is 0. The number of hydrogen-bond acceptors (Lipinski definition) is 4. The van der Waals surface area contributed by atoms with Crippen LogP contribution in [0.3, 0.4) is 0 Å². The molecule has 0 fully saturated rings. The minimum atomic E-state index is -2.99. The predicted molar refractivity (Wildman–Crippen MR) is 49.9 cm³/mol. The second-order valence-corrected chi connectivity index (χ2v) is 5.08. The summed E-state index contributed by atoms with van der Waals surface area (Å²) in [5, 5.41) is 0.278. The lowest BCUT2D eigenvalue weighted by molar-refractivity contribution is -0.116. The number of carbonyl (C=O) groups is 1. The predicted octanol–water partition coefficient (Wildman–Crippen LogP) is 1.83. The third-order valence-electron chi connectivity index (χ3n) is 1.37. The average Bonchev–Trinajstić information content (AvgIpc) is 2.13. The van der Waals surface area contributed by atoms with Gasteiger partial charge >= 0.3 is 7.60 Å². The zero-order valence-corrected chi connectivity index (χ0v) is 9.56. The third-order valence-corrected chi connectivity index (χ3v) is 3.88. The van der Waals surface area contributed by atoms with Gasteiger partial charge in [-0.25, -0.2) is 0 Å². The molecule has 0 aromatic carbocycles. The Morgan fingerprint density at radius 1 is 1.42 bits per heavy atom. The van der Waals surface area contributed by atoms with Crippen molar-refractivity contribution in [2.45, 2.75) is 6.42 Å². The van der Waals surface area contributed by atoms with Crippen LogP contribution in [0.15, 0.2) is 0 Å². The third kappa shape index (κ3) is 4.36. The molecule has 0 aliphatic heterocycles. The monoisotopic (exact) mass is 258 g/mol. The molecule has 0 aromatic rings. The Balaban J connectivity index is 3.89. The number of ketones is 1. The van der Waals surface area contributed by atoms with Crippen LogP contribution in [0.5, 0.6) is 0 Å². The van der Waals surface area contributed by atoms with Crippen LogP contribution < -0.4 is 0 Å². The molecule has 0 rings (SSSR count). The Bertz CT molecular complexity index is 186. The van der Waals surface area contributed by atoms with Crippen LogP contribution in [0.1, 0.15) is 6.42 Å². The number of Topliss-reactive ketones (excluding diaryl/α,β-unsaturated/α-hetero) is 1. The smallest absolute Gasteiger partial charge is 0.312 e. The zero-order chi connectivity index (χ0) is 9.61. The molecule has 6 heteroatoms. The molecule has 0 spiro atoms. The fraction of sp³-hybridized carbons (Fsp3) is 0.833. The Morgan fingerprint density at radius 3 is 2.25 bits per heavy atom. The van der Waals surface area contributed by atoms with Crippen molar-refractivity contribution in [3.05, 3.63) is 0 Å². The van der Waals surface area contributed by atoms with E-state index in [1.807, 2.05) is 0 Å². The SMILES string of the molecule is COP(=O)(CCC(=O)CBr)OC. The zero-order valence-electron chi connectivity index (χ0n) is 7.08. The van der Waals surface area contributed by atoms with Crippen molar-refractivity contribution < 1.29 is 18.4 Å². The van der Waals surface area contributed by atoms with Crippen molar-refractivity contribution >= 4 is 29.3 Å². The van der Waals surface area contributed by atoms with Crippen LogP contribution in [-0.4, -0.2) is 31.5 Å². The van der Waals surface area contributed by atoms with Crippen molar-refractivity contribution in [1.82, 2.24) is 0 Å².